The van der Waals surface area contributed by atoms with Crippen LogP contribution in [0.1, 0.15) is 19.8 Å². The number of aryl methyl sites for hydroxylation is 1. The van der Waals surface area contributed by atoms with Crippen LogP contribution >= 0.6 is 11.8 Å². The lowest BCUT2D eigenvalue weighted by Crippen LogP contribution is -2.40. The summed E-state index contributed by atoms with van der Waals surface area (Å²) in [6.07, 6.45) is 5.78. The van der Waals surface area contributed by atoms with Crippen LogP contribution in [-0.4, -0.2) is 56.6 Å². The van der Waals surface area contributed by atoms with Gasteiger partial charge in [0.2, 0.25) is 0 Å². The standard InChI is InChI=1S/C21H28N8S/c1-3-22-20(25-14-21(9-10-21)30-16-7-5-4-6-8-16)24-12-11-23-18-17-13-28-29(2)19(17)27-15-26-18/h4-8,13,15H,3,9-12,14H2,1-2H3,(H2,22,24,25)(H,23,26,27). The number of rotatable bonds is 9. The summed E-state index contributed by atoms with van der Waals surface area (Å²) in [4.78, 5) is 14.8. The molecule has 1 aromatic carbocycles. The van der Waals surface area contributed by atoms with E-state index in [0.29, 0.717) is 0 Å². The molecule has 0 bridgehead atoms. The second-order valence-electron chi connectivity index (χ2n) is 7.37. The molecule has 0 radical (unpaired) electrons. The number of anilines is 1. The van der Waals surface area contributed by atoms with E-state index in [-0.39, 0.29) is 4.75 Å². The summed E-state index contributed by atoms with van der Waals surface area (Å²) < 4.78 is 1.99. The Hall–Kier alpha value is -2.81. The smallest absolute Gasteiger partial charge is 0.191 e. The molecule has 30 heavy (non-hydrogen) atoms. The highest BCUT2D eigenvalue weighted by Gasteiger charge is 2.43. The van der Waals surface area contributed by atoms with Gasteiger partial charge in [0.05, 0.1) is 18.1 Å². The number of hydrogen-bond acceptors (Lipinski definition) is 6. The van der Waals surface area contributed by atoms with Crippen molar-refractivity contribution in [2.24, 2.45) is 12.0 Å². The van der Waals surface area contributed by atoms with Crippen LogP contribution in [0.4, 0.5) is 5.82 Å². The summed E-state index contributed by atoms with van der Waals surface area (Å²) in [5.41, 5.74) is 0.820. The molecule has 3 aromatic rings. The zero-order chi connectivity index (χ0) is 20.8. The summed E-state index contributed by atoms with van der Waals surface area (Å²) in [5.74, 6) is 1.65. The molecule has 0 unspecified atom stereocenters. The first kappa shape index (κ1) is 20.5. The van der Waals surface area contributed by atoms with E-state index in [1.807, 2.05) is 18.8 Å². The van der Waals surface area contributed by atoms with E-state index in [4.69, 9.17) is 4.99 Å². The minimum atomic E-state index is 0.245. The van der Waals surface area contributed by atoms with E-state index in [1.54, 1.807) is 17.2 Å². The topological polar surface area (TPSA) is 92.1 Å². The number of hydrogen-bond donors (Lipinski definition) is 3. The van der Waals surface area contributed by atoms with Gasteiger partial charge in [-0.15, -0.1) is 11.8 Å². The van der Waals surface area contributed by atoms with Crippen LogP contribution in [0.5, 0.6) is 0 Å². The molecule has 0 atom stereocenters. The Morgan fingerprint density at radius 2 is 2.00 bits per heavy atom. The Morgan fingerprint density at radius 1 is 1.17 bits per heavy atom. The number of fused-ring (bicyclic) bond motifs is 1. The minimum absolute atomic E-state index is 0.245. The highest BCUT2D eigenvalue weighted by Crippen LogP contribution is 2.51. The van der Waals surface area contributed by atoms with E-state index < -0.39 is 0 Å². The van der Waals surface area contributed by atoms with Crippen LogP contribution in [0.2, 0.25) is 0 Å². The molecule has 2 heterocycles. The molecule has 9 heteroatoms. The fraction of sp³-hybridized carbons (Fsp3) is 0.429. The second-order valence-corrected chi connectivity index (χ2v) is 8.92. The van der Waals surface area contributed by atoms with Gasteiger partial charge >= 0.3 is 0 Å². The van der Waals surface area contributed by atoms with E-state index in [1.165, 1.54) is 17.7 Å². The highest BCUT2D eigenvalue weighted by atomic mass is 32.2. The highest BCUT2D eigenvalue weighted by molar-refractivity contribution is 8.01. The summed E-state index contributed by atoms with van der Waals surface area (Å²) >= 11 is 1.95. The quantitative estimate of drug-likeness (QED) is 0.276. The van der Waals surface area contributed by atoms with Crippen molar-refractivity contribution in [1.29, 1.82) is 0 Å². The Labute approximate surface area is 181 Å². The number of benzene rings is 1. The summed E-state index contributed by atoms with van der Waals surface area (Å²) in [5, 5.41) is 15.3. The van der Waals surface area contributed by atoms with E-state index in [9.17, 15) is 0 Å². The van der Waals surface area contributed by atoms with E-state index in [0.717, 1.165) is 49.0 Å². The third-order valence-electron chi connectivity index (χ3n) is 4.99. The van der Waals surface area contributed by atoms with Crippen molar-refractivity contribution < 1.29 is 0 Å². The number of aliphatic imine (C=N–C) groups is 1. The fourth-order valence-corrected chi connectivity index (χ4v) is 4.43. The van der Waals surface area contributed by atoms with Gasteiger partial charge in [0.15, 0.2) is 11.6 Å². The first-order chi connectivity index (χ1) is 14.7. The number of nitrogens with zero attached hydrogens (tertiary/aromatic N) is 5. The van der Waals surface area contributed by atoms with Crippen molar-refractivity contribution in [1.82, 2.24) is 30.4 Å². The zero-order valence-electron chi connectivity index (χ0n) is 17.4. The first-order valence-electron chi connectivity index (χ1n) is 10.3. The van der Waals surface area contributed by atoms with Gasteiger partial charge in [0, 0.05) is 36.3 Å². The lowest BCUT2D eigenvalue weighted by molar-refractivity contribution is 0.785. The minimum Gasteiger partial charge on any atom is -0.368 e. The predicted molar refractivity (Wildman–Crippen MR) is 123 cm³/mol. The Kier molecular flexibility index (Phi) is 6.37. The number of nitrogens with one attached hydrogen (secondary N) is 3. The maximum atomic E-state index is 4.85. The normalized spacial score (nSPS) is 15.2. The number of guanidine groups is 1. The zero-order valence-corrected chi connectivity index (χ0v) is 18.2. The summed E-state index contributed by atoms with van der Waals surface area (Å²) in [6, 6.07) is 10.6. The second kappa shape index (κ2) is 9.34. The molecule has 4 rings (SSSR count). The molecular formula is C21H28N8S. The molecule has 0 aliphatic heterocycles. The van der Waals surface area contributed by atoms with E-state index >= 15 is 0 Å². The summed E-state index contributed by atoms with van der Waals surface area (Å²) in [6.45, 7) is 5.19. The lowest BCUT2D eigenvalue weighted by Gasteiger charge is -2.15. The van der Waals surface area contributed by atoms with Crippen LogP contribution in [0, 0.1) is 0 Å². The largest absolute Gasteiger partial charge is 0.368 e. The monoisotopic (exact) mass is 424 g/mol. The lowest BCUT2D eigenvalue weighted by atomic mass is 10.4. The fourth-order valence-electron chi connectivity index (χ4n) is 3.20. The molecule has 2 aromatic heterocycles. The van der Waals surface area contributed by atoms with Gasteiger partial charge in [0.1, 0.15) is 12.1 Å². The molecule has 8 nitrogen and oxygen atoms in total. The molecule has 0 spiro atoms. The van der Waals surface area contributed by atoms with Crippen LogP contribution < -0.4 is 16.0 Å². The van der Waals surface area contributed by atoms with Crippen LogP contribution in [-0.2, 0) is 7.05 Å². The molecule has 3 N–H and O–H groups in total. The van der Waals surface area contributed by atoms with Gasteiger partial charge in [-0.3, -0.25) is 9.67 Å². The maximum absolute atomic E-state index is 4.85. The van der Waals surface area contributed by atoms with Crippen LogP contribution in [0.3, 0.4) is 0 Å². The van der Waals surface area contributed by atoms with Crippen LogP contribution in [0.25, 0.3) is 11.0 Å². The van der Waals surface area contributed by atoms with Gasteiger partial charge < -0.3 is 16.0 Å². The predicted octanol–water partition coefficient (Wildman–Crippen LogP) is 2.66. The molecule has 0 amide bonds. The van der Waals surface area contributed by atoms with Crippen molar-refractivity contribution >= 4 is 34.6 Å². The molecule has 1 aliphatic rings. The Bertz CT molecular complexity index is 997. The Balaban J connectivity index is 1.29. The maximum Gasteiger partial charge on any atom is 0.191 e. The van der Waals surface area contributed by atoms with Crippen molar-refractivity contribution in [2.45, 2.75) is 29.4 Å². The molecular weight excluding hydrogens is 396 g/mol. The molecule has 0 saturated heterocycles. The van der Waals surface area contributed by atoms with E-state index in [2.05, 4.69) is 68.3 Å². The van der Waals surface area contributed by atoms with Crippen molar-refractivity contribution in [3.63, 3.8) is 0 Å². The third kappa shape index (κ3) is 5.02. The van der Waals surface area contributed by atoms with Gasteiger partial charge in [-0.2, -0.15) is 5.10 Å². The van der Waals surface area contributed by atoms with Gasteiger partial charge in [-0.25, -0.2) is 9.97 Å². The van der Waals surface area contributed by atoms with Gasteiger partial charge in [-0.05, 0) is 31.9 Å². The van der Waals surface area contributed by atoms with Crippen molar-refractivity contribution in [2.75, 3.05) is 31.5 Å². The van der Waals surface area contributed by atoms with Crippen molar-refractivity contribution in [3.8, 4) is 0 Å². The van der Waals surface area contributed by atoms with Crippen molar-refractivity contribution in [3.05, 3.63) is 42.9 Å². The Morgan fingerprint density at radius 3 is 2.77 bits per heavy atom. The SMILES string of the molecule is CCNC(=NCC1(Sc2ccccc2)CC1)NCCNc1ncnc2c1cnn2C. The number of aromatic nitrogens is 4. The molecule has 158 valence electrons. The first-order valence-corrected chi connectivity index (χ1v) is 11.1. The van der Waals surface area contributed by atoms with Gasteiger partial charge in [0.25, 0.3) is 0 Å². The van der Waals surface area contributed by atoms with Gasteiger partial charge in [-0.1, -0.05) is 18.2 Å². The average molecular weight is 425 g/mol. The molecule has 1 fully saturated rings. The molecule has 1 aliphatic carbocycles. The summed E-state index contributed by atoms with van der Waals surface area (Å²) in [7, 11) is 1.88. The number of thioether (sulfide) groups is 1. The molecule has 1 saturated carbocycles. The van der Waals surface area contributed by atoms with Crippen LogP contribution in [0.15, 0.2) is 52.7 Å². The average Bonchev–Trinajstić information content (AvgIpc) is 3.43. The third-order valence-corrected chi connectivity index (χ3v) is 6.47.